The number of carbonyl (C=O) groups excluding carboxylic acids is 1. The number of ether oxygens (including phenoxy) is 1. The average molecular weight is 260 g/mol. The molecule has 0 spiro atoms. The van der Waals surface area contributed by atoms with E-state index in [1.807, 2.05) is 35.2 Å². The number of para-hydroxylation sites is 1. The second kappa shape index (κ2) is 4.94. The fourth-order valence-electron chi connectivity index (χ4n) is 2.98. The molecule has 102 valence electrons. The van der Waals surface area contributed by atoms with Crippen LogP contribution in [-0.4, -0.2) is 48.7 Å². The molecule has 0 radical (unpaired) electrons. The van der Waals surface area contributed by atoms with Crippen LogP contribution in [-0.2, 0) is 9.53 Å². The molecule has 2 saturated heterocycles. The third-order valence-electron chi connectivity index (χ3n) is 4.05. The van der Waals surface area contributed by atoms with Crippen molar-refractivity contribution < 1.29 is 9.53 Å². The molecule has 0 aromatic heterocycles. The molecular formula is C15H20N2O2. The Kier molecular flexibility index (Phi) is 3.29. The molecule has 0 unspecified atom stereocenters. The number of rotatable bonds is 2. The Morgan fingerprint density at radius 1 is 1.21 bits per heavy atom. The number of fused-ring (bicyclic) bond motifs is 1. The summed E-state index contributed by atoms with van der Waals surface area (Å²) in [5, 5.41) is 0. The lowest BCUT2D eigenvalue weighted by atomic mass is 10.1. The maximum Gasteiger partial charge on any atom is 0.253 e. The smallest absolute Gasteiger partial charge is 0.253 e. The summed E-state index contributed by atoms with van der Waals surface area (Å²) in [6.45, 7) is 6.38. The summed E-state index contributed by atoms with van der Waals surface area (Å²) in [5.74, 6) is 0.0676. The van der Waals surface area contributed by atoms with Crippen molar-refractivity contribution in [1.29, 1.82) is 0 Å². The first-order valence-electron chi connectivity index (χ1n) is 6.89. The Labute approximate surface area is 113 Å². The number of nitrogens with zero attached hydrogens (tertiary/aromatic N) is 2. The van der Waals surface area contributed by atoms with Gasteiger partial charge in [-0.15, -0.1) is 0 Å². The molecule has 4 nitrogen and oxygen atoms in total. The molecule has 1 aromatic carbocycles. The van der Waals surface area contributed by atoms with Crippen molar-refractivity contribution in [2.45, 2.75) is 32.0 Å². The summed E-state index contributed by atoms with van der Waals surface area (Å²) < 4.78 is 5.71. The SMILES string of the molecule is CC(C)N1C[C@@H]2OCC(=O)N(c3ccccc3)[C@@H]2C1. The van der Waals surface area contributed by atoms with E-state index >= 15 is 0 Å². The number of benzene rings is 1. The summed E-state index contributed by atoms with van der Waals surface area (Å²) in [5.41, 5.74) is 0.983. The fourth-order valence-corrected chi connectivity index (χ4v) is 2.98. The van der Waals surface area contributed by atoms with Crippen molar-refractivity contribution in [2.75, 3.05) is 24.6 Å². The molecule has 2 fully saturated rings. The molecule has 2 aliphatic heterocycles. The van der Waals surface area contributed by atoms with Crippen LogP contribution in [0.1, 0.15) is 13.8 Å². The number of anilines is 1. The zero-order valence-corrected chi connectivity index (χ0v) is 11.5. The van der Waals surface area contributed by atoms with Gasteiger partial charge in [0.2, 0.25) is 0 Å². The molecule has 2 aliphatic rings. The Bertz CT molecular complexity index is 460. The summed E-state index contributed by atoms with van der Waals surface area (Å²) in [4.78, 5) is 16.5. The molecule has 4 heteroatoms. The highest BCUT2D eigenvalue weighted by Gasteiger charge is 2.44. The van der Waals surface area contributed by atoms with E-state index in [9.17, 15) is 4.79 Å². The maximum absolute atomic E-state index is 12.2. The largest absolute Gasteiger partial charge is 0.365 e. The molecule has 1 amide bonds. The van der Waals surface area contributed by atoms with E-state index in [-0.39, 0.29) is 24.7 Å². The van der Waals surface area contributed by atoms with Gasteiger partial charge >= 0.3 is 0 Å². The first-order chi connectivity index (χ1) is 9.16. The number of likely N-dealkylation sites (tertiary alicyclic amines) is 1. The van der Waals surface area contributed by atoms with Gasteiger partial charge in [-0.2, -0.15) is 0 Å². The van der Waals surface area contributed by atoms with Crippen LogP contribution in [0.15, 0.2) is 30.3 Å². The highest BCUT2D eigenvalue weighted by Crippen LogP contribution is 2.29. The summed E-state index contributed by atoms with van der Waals surface area (Å²) in [7, 11) is 0. The molecule has 0 bridgehead atoms. The van der Waals surface area contributed by atoms with Crippen molar-refractivity contribution in [1.82, 2.24) is 4.90 Å². The number of carbonyl (C=O) groups is 1. The third-order valence-corrected chi connectivity index (χ3v) is 4.05. The molecule has 19 heavy (non-hydrogen) atoms. The zero-order valence-electron chi connectivity index (χ0n) is 11.5. The maximum atomic E-state index is 12.2. The molecule has 0 saturated carbocycles. The molecule has 0 aliphatic carbocycles. The van der Waals surface area contributed by atoms with E-state index in [2.05, 4.69) is 18.7 Å². The predicted octanol–water partition coefficient (Wildman–Crippen LogP) is 1.51. The summed E-state index contributed by atoms with van der Waals surface area (Å²) in [6.07, 6.45) is 0.139. The average Bonchev–Trinajstić information content (AvgIpc) is 2.83. The van der Waals surface area contributed by atoms with Crippen molar-refractivity contribution in [3.05, 3.63) is 30.3 Å². The predicted molar refractivity (Wildman–Crippen MR) is 74.2 cm³/mol. The van der Waals surface area contributed by atoms with Crippen molar-refractivity contribution in [3.63, 3.8) is 0 Å². The molecule has 3 rings (SSSR count). The molecule has 1 aromatic rings. The Balaban J connectivity index is 1.88. The van der Waals surface area contributed by atoms with E-state index in [0.29, 0.717) is 6.04 Å². The number of morpholine rings is 1. The lowest BCUT2D eigenvalue weighted by Crippen LogP contribution is -2.54. The van der Waals surface area contributed by atoms with Gasteiger partial charge in [0.1, 0.15) is 6.61 Å². The monoisotopic (exact) mass is 260 g/mol. The molecule has 0 N–H and O–H groups in total. The Morgan fingerprint density at radius 3 is 2.63 bits per heavy atom. The molecular weight excluding hydrogens is 240 g/mol. The molecule has 2 heterocycles. The van der Waals surface area contributed by atoms with Gasteiger partial charge < -0.3 is 9.64 Å². The van der Waals surface area contributed by atoms with Crippen LogP contribution in [0, 0.1) is 0 Å². The van der Waals surface area contributed by atoms with E-state index in [1.54, 1.807) is 0 Å². The van der Waals surface area contributed by atoms with Crippen molar-refractivity contribution in [2.24, 2.45) is 0 Å². The van der Waals surface area contributed by atoms with Crippen LogP contribution in [0.4, 0.5) is 5.69 Å². The van der Waals surface area contributed by atoms with Gasteiger partial charge in [-0.1, -0.05) is 18.2 Å². The minimum atomic E-state index is 0.0676. The zero-order chi connectivity index (χ0) is 13.4. The highest BCUT2D eigenvalue weighted by molar-refractivity contribution is 5.95. The van der Waals surface area contributed by atoms with Crippen molar-refractivity contribution in [3.8, 4) is 0 Å². The van der Waals surface area contributed by atoms with Crippen LogP contribution in [0.2, 0.25) is 0 Å². The van der Waals surface area contributed by atoms with Crippen LogP contribution < -0.4 is 4.90 Å². The van der Waals surface area contributed by atoms with Gasteiger partial charge in [0.05, 0.1) is 12.1 Å². The normalized spacial score (nSPS) is 27.9. The second-order valence-electron chi connectivity index (χ2n) is 5.56. The van der Waals surface area contributed by atoms with E-state index in [1.165, 1.54) is 0 Å². The van der Waals surface area contributed by atoms with Crippen LogP contribution in [0.3, 0.4) is 0 Å². The highest BCUT2D eigenvalue weighted by atomic mass is 16.5. The van der Waals surface area contributed by atoms with Gasteiger partial charge in [0.25, 0.3) is 5.91 Å². The summed E-state index contributed by atoms with van der Waals surface area (Å²) in [6, 6.07) is 10.6. The summed E-state index contributed by atoms with van der Waals surface area (Å²) >= 11 is 0. The number of amides is 1. The van der Waals surface area contributed by atoms with Gasteiger partial charge in [-0.25, -0.2) is 0 Å². The Morgan fingerprint density at radius 2 is 1.95 bits per heavy atom. The molecule has 2 atom stereocenters. The lowest BCUT2D eigenvalue weighted by molar-refractivity contribution is -0.130. The van der Waals surface area contributed by atoms with Crippen molar-refractivity contribution >= 4 is 11.6 Å². The quantitative estimate of drug-likeness (QED) is 0.808. The number of hydrogen-bond acceptors (Lipinski definition) is 3. The standard InChI is InChI=1S/C15H20N2O2/c1-11(2)16-8-13-14(9-16)19-10-15(18)17(13)12-6-4-3-5-7-12/h3-7,11,13-14H,8-10H2,1-2H3/t13-,14+/m1/s1. The minimum Gasteiger partial charge on any atom is -0.365 e. The third kappa shape index (κ3) is 2.26. The van der Waals surface area contributed by atoms with Crippen LogP contribution in [0.5, 0.6) is 0 Å². The van der Waals surface area contributed by atoms with Crippen LogP contribution >= 0.6 is 0 Å². The number of hydrogen-bond donors (Lipinski definition) is 0. The second-order valence-corrected chi connectivity index (χ2v) is 5.56. The van der Waals surface area contributed by atoms with E-state index in [0.717, 1.165) is 18.8 Å². The fraction of sp³-hybridized carbons (Fsp3) is 0.533. The van der Waals surface area contributed by atoms with Gasteiger partial charge in [0, 0.05) is 24.8 Å². The Hall–Kier alpha value is -1.39. The van der Waals surface area contributed by atoms with Gasteiger partial charge in [0.15, 0.2) is 0 Å². The van der Waals surface area contributed by atoms with E-state index in [4.69, 9.17) is 4.74 Å². The van der Waals surface area contributed by atoms with Gasteiger partial charge in [-0.05, 0) is 26.0 Å². The first-order valence-corrected chi connectivity index (χ1v) is 6.89. The minimum absolute atomic E-state index is 0.0676. The first kappa shape index (κ1) is 12.6. The van der Waals surface area contributed by atoms with Gasteiger partial charge in [-0.3, -0.25) is 9.69 Å². The lowest BCUT2D eigenvalue weighted by Gasteiger charge is -2.36. The van der Waals surface area contributed by atoms with E-state index < -0.39 is 0 Å². The van der Waals surface area contributed by atoms with Crippen LogP contribution in [0.25, 0.3) is 0 Å². The topological polar surface area (TPSA) is 32.8 Å².